The molecule has 3 aromatic heterocycles. The highest BCUT2D eigenvalue weighted by Crippen LogP contribution is 2.24. The number of fused-ring (bicyclic) bond motifs is 1. The van der Waals surface area contributed by atoms with Gasteiger partial charge in [-0.25, -0.2) is 9.97 Å². The number of amides is 1. The molecule has 30 heavy (non-hydrogen) atoms. The number of benzene rings is 1. The molecule has 156 valence electrons. The number of carbonyl (C=O) groups excluding carboxylic acids is 1. The Bertz CT molecular complexity index is 1160. The number of para-hydroxylation sites is 2. The lowest BCUT2D eigenvalue weighted by Gasteiger charge is -2.19. The van der Waals surface area contributed by atoms with Gasteiger partial charge in [-0.3, -0.25) is 14.8 Å². The molecule has 1 aromatic carbocycles. The van der Waals surface area contributed by atoms with Gasteiger partial charge in [0.2, 0.25) is 5.95 Å². The standard InChI is InChI=1S/C21H25N7OS/c1-4-27(5-2)10-11-28-18-9-7-6-8-16(18)24-21(28)25-19(29)17-14-30-20(23-17)15-12-22-26(3)13-15/h6-9,12-14H,4-5,10-11H2,1-3H3,(H,24,25,29). The zero-order valence-corrected chi connectivity index (χ0v) is 18.2. The van der Waals surface area contributed by atoms with Gasteiger partial charge in [0.25, 0.3) is 5.91 Å². The summed E-state index contributed by atoms with van der Waals surface area (Å²) >= 11 is 1.43. The molecule has 4 rings (SSSR count). The van der Waals surface area contributed by atoms with E-state index in [-0.39, 0.29) is 5.91 Å². The number of aryl methyl sites for hydroxylation is 1. The van der Waals surface area contributed by atoms with Gasteiger partial charge in [0.1, 0.15) is 10.7 Å². The van der Waals surface area contributed by atoms with E-state index < -0.39 is 0 Å². The van der Waals surface area contributed by atoms with Gasteiger partial charge >= 0.3 is 0 Å². The van der Waals surface area contributed by atoms with Crippen LogP contribution in [0.5, 0.6) is 0 Å². The van der Waals surface area contributed by atoms with Gasteiger partial charge in [0.15, 0.2) is 0 Å². The van der Waals surface area contributed by atoms with E-state index in [2.05, 4.69) is 43.7 Å². The Balaban J connectivity index is 1.57. The van der Waals surface area contributed by atoms with Crippen LogP contribution in [0.4, 0.5) is 5.95 Å². The van der Waals surface area contributed by atoms with Crippen LogP contribution in [0.25, 0.3) is 21.6 Å². The molecule has 0 unspecified atom stereocenters. The lowest BCUT2D eigenvalue weighted by atomic mass is 10.3. The minimum Gasteiger partial charge on any atom is -0.309 e. The smallest absolute Gasteiger partial charge is 0.277 e. The largest absolute Gasteiger partial charge is 0.309 e. The molecular formula is C21H25N7OS. The van der Waals surface area contributed by atoms with Crippen molar-refractivity contribution in [1.82, 2.24) is 29.2 Å². The minimum atomic E-state index is -0.263. The maximum atomic E-state index is 12.9. The van der Waals surface area contributed by atoms with Gasteiger partial charge in [-0.15, -0.1) is 11.3 Å². The Hall–Kier alpha value is -3.04. The summed E-state index contributed by atoms with van der Waals surface area (Å²) in [6, 6.07) is 7.94. The number of hydrogen-bond donors (Lipinski definition) is 1. The van der Waals surface area contributed by atoms with Gasteiger partial charge in [-0.05, 0) is 25.2 Å². The third-order valence-electron chi connectivity index (χ3n) is 5.10. The highest BCUT2D eigenvalue weighted by atomic mass is 32.1. The molecule has 0 atom stereocenters. The second-order valence-electron chi connectivity index (χ2n) is 7.00. The first-order valence-corrected chi connectivity index (χ1v) is 10.9. The molecule has 9 heteroatoms. The molecule has 0 aliphatic carbocycles. The maximum Gasteiger partial charge on any atom is 0.277 e. The minimum absolute atomic E-state index is 0.263. The van der Waals surface area contributed by atoms with E-state index in [1.807, 2.05) is 37.5 Å². The molecule has 0 aliphatic heterocycles. The van der Waals surface area contributed by atoms with Crippen LogP contribution in [0.1, 0.15) is 24.3 Å². The van der Waals surface area contributed by atoms with Gasteiger partial charge in [-0.2, -0.15) is 5.10 Å². The van der Waals surface area contributed by atoms with Gasteiger partial charge < -0.3 is 9.47 Å². The van der Waals surface area contributed by atoms with Crippen molar-refractivity contribution in [2.75, 3.05) is 25.0 Å². The van der Waals surface area contributed by atoms with Crippen molar-refractivity contribution in [3.8, 4) is 10.6 Å². The van der Waals surface area contributed by atoms with E-state index in [4.69, 9.17) is 0 Å². The molecule has 1 amide bonds. The molecular weight excluding hydrogens is 398 g/mol. The quantitative estimate of drug-likeness (QED) is 0.469. The fourth-order valence-electron chi connectivity index (χ4n) is 3.39. The van der Waals surface area contributed by atoms with Crippen LogP contribution in [0.3, 0.4) is 0 Å². The summed E-state index contributed by atoms with van der Waals surface area (Å²) in [4.78, 5) is 24.4. The number of nitrogens with zero attached hydrogens (tertiary/aromatic N) is 6. The van der Waals surface area contributed by atoms with Crippen LogP contribution >= 0.6 is 11.3 Å². The lowest BCUT2D eigenvalue weighted by Crippen LogP contribution is -2.27. The van der Waals surface area contributed by atoms with Crippen molar-refractivity contribution in [1.29, 1.82) is 0 Å². The molecule has 0 saturated carbocycles. The summed E-state index contributed by atoms with van der Waals surface area (Å²) in [6.45, 7) is 7.91. The molecule has 3 heterocycles. The van der Waals surface area contributed by atoms with Crippen molar-refractivity contribution in [3.05, 3.63) is 47.7 Å². The van der Waals surface area contributed by atoms with Crippen LogP contribution in [-0.2, 0) is 13.6 Å². The Kier molecular flexibility index (Phi) is 5.91. The van der Waals surface area contributed by atoms with Crippen LogP contribution in [0.15, 0.2) is 42.0 Å². The number of imidazole rings is 1. The Labute approximate surface area is 179 Å². The number of rotatable bonds is 8. The van der Waals surface area contributed by atoms with Gasteiger partial charge in [-0.1, -0.05) is 26.0 Å². The second-order valence-corrected chi connectivity index (χ2v) is 7.86. The van der Waals surface area contributed by atoms with E-state index in [0.717, 1.165) is 47.8 Å². The summed E-state index contributed by atoms with van der Waals surface area (Å²) in [5.74, 6) is 0.282. The maximum absolute atomic E-state index is 12.9. The van der Waals surface area contributed by atoms with Crippen LogP contribution in [-0.4, -0.2) is 54.8 Å². The Morgan fingerprint density at radius 2 is 2.00 bits per heavy atom. The first-order chi connectivity index (χ1) is 14.6. The SMILES string of the molecule is CCN(CC)CCn1c(NC(=O)c2csc(-c3cnn(C)c3)n2)nc2ccccc21. The molecule has 0 fully saturated rings. The molecule has 0 radical (unpaired) electrons. The average Bonchev–Trinajstić information content (AvgIpc) is 3.47. The topological polar surface area (TPSA) is 80.9 Å². The zero-order chi connectivity index (χ0) is 21.1. The number of hydrogen-bond acceptors (Lipinski definition) is 6. The number of likely N-dealkylation sites (N-methyl/N-ethyl adjacent to an activating group) is 1. The molecule has 8 nitrogen and oxygen atoms in total. The lowest BCUT2D eigenvalue weighted by molar-refractivity contribution is 0.102. The molecule has 0 spiro atoms. The summed E-state index contributed by atoms with van der Waals surface area (Å²) in [7, 11) is 1.85. The van der Waals surface area contributed by atoms with E-state index >= 15 is 0 Å². The van der Waals surface area contributed by atoms with Crippen molar-refractivity contribution in [2.45, 2.75) is 20.4 Å². The zero-order valence-electron chi connectivity index (χ0n) is 17.4. The second kappa shape index (κ2) is 8.76. The van der Waals surface area contributed by atoms with Crippen molar-refractivity contribution < 1.29 is 4.79 Å². The predicted molar refractivity (Wildman–Crippen MR) is 120 cm³/mol. The van der Waals surface area contributed by atoms with E-state index in [0.29, 0.717) is 11.6 Å². The first kappa shape index (κ1) is 20.2. The summed E-state index contributed by atoms with van der Waals surface area (Å²) in [6.07, 6.45) is 3.63. The Morgan fingerprint density at radius 1 is 1.20 bits per heavy atom. The molecule has 0 bridgehead atoms. The molecule has 1 N–H and O–H groups in total. The van der Waals surface area contributed by atoms with Crippen LogP contribution in [0, 0.1) is 0 Å². The van der Waals surface area contributed by atoms with E-state index in [1.54, 1.807) is 16.3 Å². The number of thiazole rings is 1. The first-order valence-electron chi connectivity index (χ1n) is 10.0. The van der Waals surface area contributed by atoms with Crippen molar-refractivity contribution >= 4 is 34.2 Å². The van der Waals surface area contributed by atoms with Gasteiger partial charge in [0, 0.05) is 37.3 Å². The fourth-order valence-corrected chi connectivity index (χ4v) is 4.16. The third kappa shape index (κ3) is 4.12. The van der Waals surface area contributed by atoms with Crippen molar-refractivity contribution in [3.63, 3.8) is 0 Å². The number of aromatic nitrogens is 5. The van der Waals surface area contributed by atoms with Crippen molar-refractivity contribution in [2.24, 2.45) is 7.05 Å². The summed E-state index contributed by atoms with van der Waals surface area (Å²) in [5, 5.41) is 9.66. The highest BCUT2D eigenvalue weighted by molar-refractivity contribution is 7.13. The number of nitrogens with one attached hydrogen (secondary N) is 1. The summed E-state index contributed by atoms with van der Waals surface area (Å²) in [5.41, 5.74) is 3.14. The fraction of sp³-hybridized carbons (Fsp3) is 0.333. The van der Waals surface area contributed by atoms with Gasteiger partial charge in [0.05, 0.1) is 17.2 Å². The Morgan fingerprint density at radius 3 is 2.73 bits per heavy atom. The monoisotopic (exact) mass is 423 g/mol. The molecule has 0 saturated heterocycles. The highest BCUT2D eigenvalue weighted by Gasteiger charge is 2.17. The number of anilines is 1. The third-order valence-corrected chi connectivity index (χ3v) is 5.99. The predicted octanol–water partition coefficient (Wildman–Crippen LogP) is 3.49. The summed E-state index contributed by atoms with van der Waals surface area (Å²) < 4.78 is 3.79. The average molecular weight is 424 g/mol. The van der Waals surface area contributed by atoms with Crippen LogP contribution in [0.2, 0.25) is 0 Å². The van der Waals surface area contributed by atoms with E-state index in [1.165, 1.54) is 11.3 Å². The molecule has 4 aromatic rings. The number of carbonyl (C=O) groups is 1. The normalized spacial score (nSPS) is 11.5. The molecule has 0 aliphatic rings. The van der Waals surface area contributed by atoms with Crippen LogP contribution < -0.4 is 5.32 Å². The van der Waals surface area contributed by atoms with E-state index in [9.17, 15) is 4.79 Å².